The van der Waals surface area contributed by atoms with Gasteiger partial charge in [0, 0.05) is 36.2 Å². The van der Waals surface area contributed by atoms with Gasteiger partial charge in [0.1, 0.15) is 0 Å². The number of nitrogens with one attached hydrogen (secondary N) is 1. The van der Waals surface area contributed by atoms with Crippen molar-refractivity contribution in [1.29, 1.82) is 0 Å². The summed E-state index contributed by atoms with van der Waals surface area (Å²) in [5, 5.41) is 14.6. The van der Waals surface area contributed by atoms with Crippen LogP contribution in [-0.4, -0.2) is 42.2 Å². The number of amides is 1. The number of anilines is 1. The van der Waals surface area contributed by atoms with Gasteiger partial charge in [0.05, 0.1) is 24.7 Å². The topological polar surface area (TPSA) is 82.0 Å². The molecule has 1 aromatic heterocycles. The van der Waals surface area contributed by atoms with Crippen LogP contribution < -0.4 is 14.8 Å². The quantitative estimate of drug-likeness (QED) is 0.532. The number of ether oxygens (including phenoxy) is 3. The van der Waals surface area contributed by atoms with Crippen molar-refractivity contribution in [2.75, 3.05) is 25.8 Å². The van der Waals surface area contributed by atoms with E-state index in [1.165, 1.54) is 0 Å². The van der Waals surface area contributed by atoms with Gasteiger partial charge in [-0.2, -0.15) is 0 Å². The van der Waals surface area contributed by atoms with E-state index in [9.17, 15) is 9.90 Å². The van der Waals surface area contributed by atoms with Gasteiger partial charge >= 0.3 is 0 Å². The van der Waals surface area contributed by atoms with Gasteiger partial charge in [-0.3, -0.25) is 4.79 Å². The summed E-state index contributed by atoms with van der Waals surface area (Å²) in [5.41, 5.74) is 3.24. The summed E-state index contributed by atoms with van der Waals surface area (Å²) < 4.78 is 18.2. The van der Waals surface area contributed by atoms with E-state index in [0.717, 1.165) is 46.4 Å². The normalized spacial score (nSPS) is 17.1. The molecule has 2 aromatic carbocycles. The Morgan fingerprint density at radius 3 is 2.65 bits per heavy atom. The maximum absolute atomic E-state index is 13.3. The van der Waals surface area contributed by atoms with Gasteiger partial charge in [-0.05, 0) is 54.8 Å². The molecule has 7 nitrogen and oxygen atoms in total. The fourth-order valence-corrected chi connectivity index (χ4v) is 4.84. The molecule has 1 atom stereocenters. The summed E-state index contributed by atoms with van der Waals surface area (Å²) in [5.74, 6) is 1.42. The lowest BCUT2D eigenvalue weighted by Gasteiger charge is -2.23. The highest BCUT2D eigenvalue weighted by molar-refractivity contribution is 6.02. The van der Waals surface area contributed by atoms with E-state index in [4.69, 9.17) is 14.2 Å². The number of carbonyl (C=O) groups is 1. The van der Waals surface area contributed by atoms with Crippen LogP contribution in [0, 0.1) is 0 Å². The standard InChI is InChI=1S/C27H32N2O5.H2/c1-26(2,3)24-12-17-11-19(6-7-21(17)29(24)14-20(30)15-32-4)28-25(31)27(9-10-27)18-5-8-22-23(13-18)34-16-33-22;/h5-8,11-13,20,30H,9-10,14-16H2,1-4H3,(H,28,31);1H/t20-;/m1./s1. The van der Waals surface area contributed by atoms with Crippen LogP contribution in [0.2, 0.25) is 0 Å². The van der Waals surface area contributed by atoms with E-state index >= 15 is 0 Å². The Balaban J connectivity index is 0.00000289. The molecule has 0 saturated heterocycles. The molecule has 3 aromatic rings. The smallest absolute Gasteiger partial charge is 0.235 e. The van der Waals surface area contributed by atoms with Gasteiger partial charge in [-0.15, -0.1) is 0 Å². The first kappa shape index (κ1) is 22.7. The van der Waals surface area contributed by atoms with Crippen LogP contribution in [0.25, 0.3) is 10.9 Å². The van der Waals surface area contributed by atoms with Crippen molar-refractivity contribution in [3.63, 3.8) is 0 Å². The molecule has 1 amide bonds. The van der Waals surface area contributed by atoms with Crippen molar-refractivity contribution in [2.45, 2.75) is 57.1 Å². The monoisotopic (exact) mass is 466 g/mol. The molecule has 2 heterocycles. The summed E-state index contributed by atoms with van der Waals surface area (Å²) in [6.45, 7) is 7.42. The zero-order valence-corrected chi connectivity index (χ0v) is 20.2. The van der Waals surface area contributed by atoms with Crippen molar-refractivity contribution in [1.82, 2.24) is 4.57 Å². The average Bonchev–Trinajstić information content (AvgIpc) is 3.33. The van der Waals surface area contributed by atoms with Crippen molar-refractivity contribution in [3.05, 3.63) is 53.7 Å². The van der Waals surface area contributed by atoms with Gasteiger partial charge in [-0.25, -0.2) is 0 Å². The third-order valence-corrected chi connectivity index (χ3v) is 6.79. The lowest BCUT2D eigenvalue weighted by atomic mass is 9.92. The minimum atomic E-state index is -0.600. The Kier molecular flexibility index (Phi) is 5.57. The number of aromatic nitrogens is 1. The highest BCUT2D eigenvalue weighted by atomic mass is 16.7. The number of methoxy groups -OCH3 is 1. The number of carbonyl (C=O) groups excluding carboxylic acids is 1. The molecule has 34 heavy (non-hydrogen) atoms. The number of aliphatic hydroxyl groups is 1. The highest BCUT2D eigenvalue weighted by Crippen LogP contribution is 2.51. The summed E-state index contributed by atoms with van der Waals surface area (Å²) in [4.78, 5) is 13.3. The largest absolute Gasteiger partial charge is 0.454 e. The zero-order chi connectivity index (χ0) is 24.1. The molecule has 1 fully saturated rings. The average molecular weight is 467 g/mol. The minimum absolute atomic E-state index is 0. The van der Waals surface area contributed by atoms with Crippen molar-refractivity contribution in [2.24, 2.45) is 0 Å². The Hall–Kier alpha value is -3.03. The third kappa shape index (κ3) is 4.03. The molecule has 0 spiro atoms. The molecule has 0 bridgehead atoms. The first-order valence-corrected chi connectivity index (χ1v) is 11.7. The van der Waals surface area contributed by atoms with Crippen LogP contribution in [0.5, 0.6) is 11.5 Å². The fraction of sp³-hybridized carbons (Fsp3) is 0.444. The Morgan fingerprint density at radius 1 is 1.18 bits per heavy atom. The number of hydrogen-bond donors (Lipinski definition) is 2. The molecule has 1 aliphatic carbocycles. The molecule has 1 saturated carbocycles. The van der Waals surface area contributed by atoms with Gasteiger partial charge in [0.15, 0.2) is 11.5 Å². The van der Waals surface area contributed by atoms with Gasteiger partial charge < -0.3 is 29.2 Å². The molecule has 7 heteroatoms. The lowest BCUT2D eigenvalue weighted by molar-refractivity contribution is -0.118. The maximum Gasteiger partial charge on any atom is 0.235 e. The molecular formula is C27H34N2O5. The first-order chi connectivity index (χ1) is 16.2. The molecule has 1 aliphatic heterocycles. The number of nitrogens with zero attached hydrogens (tertiary/aromatic N) is 1. The number of benzene rings is 2. The van der Waals surface area contributed by atoms with Crippen molar-refractivity contribution < 1.29 is 25.5 Å². The molecule has 0 radical (unpaired) electrons. The van der Waals surface area contributed by atoms with Crippen LogP contribution in [0.4, 0.5) is 5.69 Å². The van der Waals surface area contributed by atoms with Crippen LogP contribution in [-0.2, 0) is 26.9 Å². The second-order valence-electron chi connectivity index (χ2n) is 10.4. The minimum Gasteiger partial charge on any atom is -0.454 e. The van der Waals surface area contributed by atoms with Crippen molar-refractivity contribution >= 4 is 22.5 Å². The Bertz CT molecular complexity index is 1240. The second-order valence-corrected chi connectivity index (χ2v) is 10.4. The zero-order valence-electron chi connectivity index (χ0n) is 20.2. The van der Waals surface area contributed by atoms with Crippen LogP contribution in [0.1, 0.15) is 46.3 Å². The third-order valence-electron chi connectivity index (χ3n) is 6.79. The van der Waals surface area contributed by atoms with Gasteiger partial charge in [0.25, 0.3) is 0 Å². The highest BCUT2D eigenvalue weighted by Gasteiger charge is 2.51. The van der Waals surface area contributed by atoms with Crippen LogP contribution in [0.3, 0.4) is 0 Å². The van der Waals surface area contributed by atoms with E-state index in [0.29, 0.717) is 12.3 Å². The number of aliphatic hydroxyl groups excluding tert-OH is 1. The maximum atomic E-state index is 13.3. The van der Waals surface area contributed by atoms with Gasteiger partial charge in [0.2, 0.25) is 12.7 Å². The molecule has 5 rings (SSSR count). The lowest BCUT2D eigenvalue weighted by Crippen LogP contribution is -2.27. The van der Waals surface area contributed by atoms with E-state index in [-0.39, 0.29) is 26.1 Å². The molecule has 2 N–H and O–H groups in total. The summed E-state index contributed by atoms with van der Waals surface area (Å²) in [7, 11) is 1.59. The number of fused-ring (bicyclic) bond motifs is 2. The Morgan fingerprint density at radius 2 is 1.94 bits per heavy atom. The van der Waals surface area contributed by atoms with E-state index in [1.807, 2.05) is 36.4 Å². The number of hydrogen-bond acceptors (Lipinski definition) is 5. The second kappa shape index (κ2) is 8.32. The predicted octanol–water partition coefficient (Wildman–Crippen LogP) is 4.59. The van der Waals surface area contributed by atoms with E-state index < -0.39 is 11.5 Å². The molecule has 0 unspecified atom stereocenters. The van der Waals surface area contributed by atoms with E-state index in [1.54, 1.807) is 7.11 Å². The first-order valence-electron chi connectivity index (χ1n) is 11.7. The summed E-state index contributed by atoms with van der Waals surface area (Å²) in [6.07, 6.45) is 1.02. The molecular weight excluding hydrogens is 432 g/mol. The summed E-state index contributed by atoms with van der Waals surface area (Å²) in [6, 6.07) is 13.9. The van der Waals surface area contributed by atoms with Crippen molar-refractivity contribution in [3.8, 4) is 11.5 Å². The van der Waals surface area contributed by atoms with Gasteiger partial charge in [-0.1, -0.05) is 26.8 Å². The molecule has 2 aliphatic rings. The number of rotatable bonds is 7. The summed E-state index contributed by atoms with van der Waals surface area (Å²) >= 11 is 0. The Labute approximate surface area is 201 Å². The molecule has 182 valence electrons. The SMILES string of the molecule is COC[C@H](O)Cn1c(C(C)(C)C)cc2cc(NC(=O)C3(c4ccc5c(c4)OCO5)CC3)ccc21.[HH]. The fourth-order valence-electron chi connectivity index (χ4n) is 4.84. The van der Waals surface area contributed by atoms with E-state index in [2.05, 4.69) is 36.7 Å². The predicted molar refractivity (Wildman–Crippen MR) is 133 cm³/mol. The van der Waals surface area contributed by atoms with Crippen LogP contribution in [0.15, 0.2) is 42.5 Å². The van der Waals surface area contributed by atoms with Crippen LogP contribution >= 0.6 is 0 Å².